The largest absolute Gasteiger partial charge is 0.493 e. The van der Waals surface area contributed by atoms with E-state index in [0.717, 1.165) is 0 Å². The Balaban J connectivity index is 1.66. The van der Waals surface area contributed by atoms with Crippen LogP contribution in [0.1, 0.15) is 5.56 Å². The van der Waals surface area contributed by atoms with Crippen molar-refractivity contribution in [2.75, 3.05) is 24.4 Å². The average molecular weight is 496 g/mol. The van der Waals surface area contributed by atoms with Crippen LogP contribution in [0, 0.1) is 11.3 Å². The monoisotopic (exact) mass is 495 g/mol. The van der Waals surface area contributed by atoms with Crippen LogP contribution in [-0.2, 0) is 9.59 Å². The van der Waals surface area contributed by atoms with Crippen LogP contribution in [0.5, 0.6) is 11.5 Å². The molecule has 2 N–H and O–H groups in total. The number of carbonyl (C=O) groups excluding carboxylic acids is 2. The van der Waals surface area contributed by atoms with E-state index in [9.17, 15) is 14.9 Å². The molecule has 9 heteroatoms. The van der Waals surface area contributed by atoms with Crippen molar-refractivity contribution in [1.82, 2.24) is 0 Å². The van der Waals surface area contributed by atoms with Crippen LogP contribution < -0.4 is 20.1 Å². The van der Waals surface area contributed by atoms with Crippen molar-refractivity contribution >= 4 is 52.5 Å². The van der Waals surface area contributed by atoms with Gasteiger partial charge in [-0.25, -0.2) is 0 Å². The summed E-state index contributed by atoms with van der Waals surface area (Å²) in [6.45, 7) is -0.249. The van der Waals surface area contributed by atoms with Crippen molar-refractivity contribution in [2.24, 2.45) is 0 Å². The van der Waals surface area contributed by atoms with E-state index in [4.69, 9.17) is 32.7 Å². The molecule has 3 rings (SSSR count). The Bertz CT molecular complexity index is 1250. The molecule has 172 valence electrons. The fraction of sp³-hybridized carbons (Fsp3) is 0.0800. The van der Waals surface area contributed by atoms with Gasteiger partial charge in [-0.3, -0.25) is 9.59 Å². The Morgan fingerprint density at radius 1 is 0.912 bits per heavy atom. The molecule has 0 bridgehead atoms. The maximum atomic E-state index is 12.5. The Kier molecular flexibility index (Phi) is 8.52. The molecule has 34 heavy (non-hydrogen) atoms. The van der Waals surface area contributed by atoms with Gasteiger partial charge in [0.1, 0.15) is 11.6 Å². The van der Waals surface area contributed by atoms with Crippen LogP contribution in [0.25, 0.3) is 6.08 Å². The number of nitriles is 1. The smallest absolute Gasteiger partial charge is 0.266 e. The minimum Gasteiger partial charge on any atom is -0.493 e. The summed E-state index contributed by atoms with van der Waals surface area (Å²) in [6, 6.07) is 19.9. The van der Waals surface area contributed by atoms with Gasteiger partial charge in [0, 0.05) is 21.4 Å². The van der Waals surface area contributed by atoms with Crippen molar-refractivity contribution in [3.63, 3.8) is 0 Å². The first-order valence-corrected chi connectivity index (χ1v) is 10.7. The summed E-state index contributed by atoms with van der Waals surface area (Å²) in [5.74, 6) is -0.263. The lowest BCUT2D eigenvalue weighted by Gasteiger charge is -2.12. The summed E-state index contributed by atoms with van der Waals surface area (Å²) in [5.41, 5.74) is 1.53. The van der Waals surface area contributed by atoms with E-state index in [1.54, 1.807) is 66.7 Å². The lowest BCUT2D eigenvalue weighted by atomic mass is 10.1. The summed E-state index contributed by atoms with van der Waals surface area (Å²) in [5, 5.41) is 15.9. The van der Waals surface area contributed by atoms with Crippen LogP contribution in [-0.4, -0.2) is 25.5 Å². The molecule has 2 amide bonds. The standard InChI is InChI=1S/C25H19Cl2N3O4/c1-33-23-13-16(12-17(14-28)25(32)30-21-9-5-19(27)6-10-21)2-11-22(23)34-15-24(31)29-20-7-3-18(26)4-8-20/h2-13H,15H2,1H3,(H,29,31)(H,30,32)/b17-12+. The molecule has 7 nitrogen and oxygen atoms in total. The van der Waals surface area contributed by atoms with Gasteiger partial charge in [-0.15, -0.1) is 0 Å². The maximum Gasteiger partial charge on any atom is 0.266 e. The molecule has 0 aliphatic rings. The molecule has 0 aliphatic carbocycles. The third-order valence-electron chi connectivity index (χ3n) is 4.45. The number of methoxy groups -OCH3 is 1. The lowest BCUT2D eigenvalue weighted by molar-refractivity contribution is -0.118. The molecule has 3 aromatic rings. The predicted octanol–water partition coefficient (Wildman–Crippen LogP) is 5.57. The topological polar surface area (TPSA) is 100 Å². The Morgan fingerprint density at radius 2 is 1.50 bits per heavy atom. The summed E-state index contributed by atoms with van der Waals surface area (Å²) in [4.78, 5) is 24.6. The number of rotatable bonds is 8. The number of carbonyl (C=O) groups is 2. The highest BCUT2D eigenvalue weighted by Crippen LogP contribution is 2.29. The zero-order chi connectivity index (χ0) is 24.5. The molecule has 0 radical (unpaired) electrons. The van der Waals surface area contributed by atoms with Gasteiger partial charge in [0.2, 0.25) is 0 Å². The van der Waals surface area contributed by atoms with E-state index in [-0.39, 0.29) is 18.1 Å². The highest BCUT2D eigenvalue weighted by atomic mass is 35.5. The normalized spacial score (nSPS) is 10.7. The molecular weight excluding hydrogens is 477 g/mol. The molecule has 0 aliphatic heterocycles. The second-order valence-electron chi connectivity index (χ2n) is 6.88. The molecule has 0 heterocycles. The fourth-order valence-corrected chi connectivity index (χ4v) is 3.07. The van der Waals surface area contributed by atoms with Gasteiger partial charge in [-0.2, -0.15) is 5.26 Å². The molecule has 0 spiro atoms. The van der Waals surface area contributed by atoms with E-state index in [1.807, 2.05) is 6.07 Å². The van der Waals surface area contributed by atoms with Crippen molar-refractivity contribution in [2.45, 2.75) is 0 Å². The van der Waals surface area contributed by atoms with E-state index in [0.29, 0.717) is 38.5 Å². The van der Waals surface area contributed by atoms with E-state index in [2.05, 4.69) is 10.6 Å². The molecular formula is C25H19Cl2N3O4. The van der Waals surface area contributed by atoms with Crippen LogP contribution >= 0.6 is 23.2 Å². The quantitative estimate of drug-likeness (QED) is 0.314. The summed E-state index contributed by atoms with van der Waals surface area (Å²) in [7, 11) is 1.45. The number of hydrogen-bond donors (Lipinski definition) is 2. The lowest BCUT2D eigenvalue weighted by Crippen LogP contribution is -2.20. The first-order valence-electron chi connectivity index (χ1n) is 9.93. The number of hydrogen-bond acceptors (Lipinski definition) is 5. The van der Waals surface area contributed by atoms with E-state index < -0.39 is 5.91 Å². The number of anilines is 2. The van der Waals surface area contributed by atoms with Gasteiger partial charge in [-0.05, 0) is 72.3 Å². The third kappa shape index (κ3) is 7.01. The molecule has 3 aromatic carbocycles. The molecule has 0 saturated carbocycles. The summed E-state index contributed by atoms with van der Waals surface area (Å²) < 4.78 is 10.9. The second kappa shape index (κ2) is 11.8. The van der Waals surface area contributed by atoms with Crippen LogP contribution in [0.3, 0.4) is 0 Å². The van der Waals surface area contributed by atoms with Crippen LogP contribution in [0.15, 0.2) is 72.3 Å². The zero-order valence-corrected chi connectivity index (χ0v) is 19.5. The number of nitrogens with one attached hydrogen (secondary N) is 2. The Morgan fingerprint density at radius 3 is 2.06 bits per heavy atom. The maximum absolute atomic E-state index is 12.5. The number of ether oxygens (including phenoxy) is 2. The first kappa shape index (κ1) is 24.6. The van der Waals surface area contributed by atoms with Crippen LogP contribution in [0.4, 0.5) is 11.4 Å². The van der Waals surface area contributed by atoms with Gasteiger partial charge < -0.3 is 20.1 Å². The van der Waals surface area contributed by atoms with Gasteiger partial charge in [0.15, 0.2) is 18.1 Å². The third-order valence-corrected chi connectivity index (χ3v) is 4.96. The summed E-state index contributed by atoms with van der Waals surface area (Å²) >= 11 is 11.7. The van der Waals surface area contributed by atoms with Crippen molar-refractivity contribution in [3.8, 4) is 17.6 Å². The van der Waals surface area contributed by atoms with Gasteiger partial charge in [0.05, 0.1) is 7.11 Å². The minimum absolute atomic E-state index is 0.104. The van der Waals surface area contributed by atoms with Crippen LogP contribution in [0.2, 0.25) is 10.0 Å². The van der Waals surface area contributed by atoms with Gasteiger partial charge in [-0.1, -0.05) is 29.3 Å². The first-order chi connectivity index (χ1) is 16.4. The highest BCUT2D eigenvalue weighted by molar-refractivity contribution is 6.31. The van der Waals surface area contributed by atoms with Crippen molar-refractivity contribution in [3.05, 3.63) is 87.9 Å². The number of nitrogens with zero attached hydrogens (tertiary/aromatic N) is 1. The molecule has 0 atom stereocenters. The van der Waals surface area contributed by atoms with Crippen molar-refractivity contribution in [1.29, 1.82) is 5.26 Å². The minimum atomic E-state index is -0.567. The van der Waals surface area contributed by atoms with E-state index >= 15 is 0 Å². The zero-order valence-electron chi connectivity index (χ0n) is 18.0. The fourth-order valence-electron chi connectivity index (χ4n) is 2.81. The Hall–Kier alpha value is -3.99. The van der Waals surface area contributed by atoms with Gasteiger partial charge >= 0.3 is 0 Å². The molecule has 0 saturated heterocycles. The van der Waals surface area contributed by atoms with E-state index in [1.165, 1.54) is 13.2 Å². The Labute approximate surface area is 206 Å². The molecule has 0 unspecified atom stereocenters. The molecule has 0 fully saturated rings. The van der Waals surface area contributed by atoms with Gasteiger partial charge in [0.25, 0.3) is 11.8 Å². The number of benzene rings is 3. The average Bonchev–Trinajstić information content (AvgIpc) is 2.84. The number of amides is 2. The predicted molar refractivity (Wildman–Crippen MR) is 132 cm³/mol. The highest BCUT2D eigenvalue weighted by Gasteiger charge is 2.12. The number of halogens is 2. The SMILES string of the molecule is COc1cc(/C=C(\C#N)C(=O)Nc2ccc(Cl)cc2)ccc1OCC(=O)Nc1ccc(Cl)cc1. The molecule has 0 aromatic heterocycles. The van der Waals surface area contributed by atoms with Crippen molar-refractivity contribution < 1.29 is 19.1 Å². The summed E-state index contributed by atoms with van der Waals surface area (Å²) in [6.07, 6.45) is 1.42. The second-order valence-corrected chi connectivity index (χ2v) is 7.76.